The van der Waals surface area contributed by atoms with Gasteiger partial charge in [0.05, 0.1) is 0 Å². The summed E-state index contributed by atoms with van der Waals surface area (Å²) in [6.07, 6.45) is 5.50. The lowest BCUT2D eigenvalue weighted by Gasteiger charge is -2.37. The third-order valence-corrected chi connectivity index (χ3v) is 3.89. The van der Waals surface area contributed by atoms with Crippen LogP contribution in [0.25, 0.3) is 0 Å². The van der Waals surface area contributed by atoms with Crippen molar-refractivity contribution in [2.45, 2.75) is 45.6 Å². The number of likely N-dealkylation sites (tertiary alicyclic amines) is 1. The zero-order valence-electron chi connectivity index (χ0n) is 8.93. The highest BCUT2D eigenvalue weighted by atomic mass is 79.9. The molecule has 0 saturated carbocycles. The van der Waals surface area contributed by atoms with Gasteiger partial charge in [-0.3, -0.25) is 0 Å². The number of rotatable bonds is 4. The Bertz CT molecular complexity index is 138. The lowest BCUT2D eigenvalue weighted by molar-refractivity contribution is 0.112. The summed E-state index contributed by atoms with van der Waals surface area (Å²) >= 11 is 3.48. The van der Waals surface area contributed by atoms with E-state index in [-0.39, 0.29) is 0 Å². The van der Waals surface area contributed by atoms with Gasteiger partial charge in [0.25, 0.3) is 0 Å². The third-order valence-electron chi connectivity index (χ3n) is 3.33. The topological polar surface area (TPSA) is 3.24 Å². The molecule has 0 aromatic heterocycles. The minimum absolute atomic E-state index is 0.809. The van der Waals surface area contributed by atoms with Gasteiger partial charge in [-0.05, 0) is 51.6 Å². The van der Waals surface area contributed by atoms with E-state index in [1.165, 1.54) is 38.8 Å². The van der Waals surface area contributed by atoms with Crippen LogP contribution in [0.15, 0.2) is 0 Å². The standard InChI is InChI=1S/C11H22BrN/c1-10-6-5-9-13(11(10)2)8-4-3-7-12/h10-11H,3-9H2,1-2H3. The van der Waals surface area contributed by atoms with E-state index in [1.807, 2.05) is 0 Å². The molecule has 1 aliphatic rings. The molecule has 1 rings (SSSR count). The largest absolute Gasteiger partial charge is 0.300 e. The number of hydrogen-bond acceptors (Lipinski definition) is 1. The third kappa shape index (κ3) is 3.59. The molecule has 0 aliphatic carbocycles. The highest BCUT2D eigenvalue weighted by molar-refractivity contribution is 9.09. The molecule has 1 nitrogen and oxygen atoms in total. The molecule has 1 aliphatic heterocycles. The lowest BCUT2D eigenvalue weighted by Crippen LogP contribution is -2.42. The Morgan fingerprint density at radius 1 is 1.31 bits per heavy atom. The van der Waals surface area contributed by atoms with Crippen LogP contribution in [0, 0.1) is 5.92 Å². The van der Waals surface area contributed by atoms with E-state index in [2.05, 4.69) is 34.7 Å². The van der Waals surface area contributed by atoms with Gasteiger partial charge >= 0.3 is 0 Å². The average Bonchev–Trinajstić information content (AvgIpc) is 2.13. The number of alkyl halides is 1. The van der Waals surface area contributed by atoms with Crippen molar-refractivity contribution in [2.24, 2.45) is 5.92 Å². The van der Waals surface area contributed by atoms with E-state index >= 15 is 0 Å². The molecule has 78 valence electrons. The highest BCUT2D eigenvalue weighted by Crippen LogP contribution is 2.22. The van der Waals surface area contributed by atoms with Gasteiger partial charge in [-0.1, -0.05) is 22.9 Å². The zero-order chi connectivity index (χ0) is 9.68. The van der Waals surface area contributed by atoms with Crippen LogP contribution in [-0.4, -0.2) is 29.4 Å². The fourth-order valence-electron chi connectivity index (χ4n) is 2.15. The van der Waals surface area contributed by atoms with Crippen LogP contribution in [0.3, 0.4) is 0 Å². The maximum absolute atomic E-state index is 3.48. The Balaban J connectivity index is 2.23. The molecule has 0 N–H and O–H groups in total. The summed E-state index contributed by atoms with van der Waals surface area (Å²) in [5, 5.41) is 1.16. The summed E-state index contributed by atoms with van der Waals surface area (Å²) in [5.41, 5.74) is 0. The van der Waals surface area contributed by atoms with Gasteiger partial charge in [-0.2, -0.15) is 0 Å². The molecule has 1 heterocycles. The SMILES string of the molecule is CC1CCCN(CCCCBr)C1C. The fraction of sp³-hybridized carbons (Fsp3) is 1.00. The summed E-state index contributed by atoms with van der Waals surface area (Å²) in [7, 11) is 0. The van der Waals surface area contributed by atoms with Crippen LogP contribution in [0.4, 0.5) is 0 Å². The van der Waals surface area contributed by atoms with Crippen molar-refractivity contribution < 1.29 is 0 Å². The molecule has 13 heavy (non-hydrogen) atoms. The van der Waals surface area contributed by atoms with Crippen LogP contribution in [0.5, 0.6) is 0 Å². The van der Waals surface area contributed by atoms with Crippen molar-refractivity contribution in [2.75, 3.05) is 18.4 Å². The van der Waals surface area contributed by atoms with E-state index in [1.54, 1.807) is 0 Å². The first-order valence-corrected chi connectivity index (χ1v) is 6.68. The molecular formula is C11H22BrN. The molecule has 0 aromatic rings. The Hall–Kier alpha value is 0.440. The summed E-state index contributed by atoms with van der Waals surface area (Å²) in [5.74, 6) is 0.901. The molecule has 0 aromatic carbocycles. The van der Waals surface area contributed by atoms with Crippen molar-refractivity contribution in [3.63, 3.8) is 0 Å². The number of nitrogens with zero attached hydrogens (tertiary/aromatic N) is 1. The van der Waals surface area contributed by atoms with Crippen molar-refractivity contribution in [1.82, 2.24) is 4.90 Å². The maximum Gasteiger partial charge on any atom is 0.00925 e. The number of hydrogen-bond donors (Lipinski definition) is 0. The van der Waals surface area contributed by atoms with E-state index < -0.39 is 0 Å². The van der Waals surface area contributed by atoms with Crippen molar-refractivity contribution in [1.29, 1.82) is 0 Å². The van der Waals surface area contributed by atoms with Gasteiger partial charge in [0, 0.05) is 11.4 Å². The van der Waals surface area contributed by atoms with Crippen molar-refractivity contribution in [3.05, 3.63) is 0 Å². The maximum atomic E-state index is 3.48. The van der Waals surface area contributed by atoms with Crippen LogP contribution in [0.1, 0.15) is 39.5 Å². The smallest absolute Gasteiger partial charge is 0.00925 e. The van der Waals surface area contributed by atoms with Gasteiger partial charge in [0.1, 0.15) is 0 Å². The minimum atomic E-state index is 0.809. The van der Waals surface area contributed by atoms with Crippen LogP contribution < -0.4 is 0 Å². The Morgan fingerprint density at radius 2 is 2.08 bits per heavy atom. The molecule has 0 bridgehead atoms. The first kappa shape index (κ1) is 11.5. The summed E-state index contributed by atoms with van der Waals surface area (Å²) in [4.78, 5) is 2.66. The number of piperidine rings is 1. The molecule has 1 saturated heterocycles. The molecule has 2 unspecified atom stereocenters. The average molecular weight is 248 g/mol. The second-order valence-corrected chi connectivity index (χ2v) is 5.09. The second-order valence-electron chi connectivity index (χ2n) is 4.29. The normalized spacial score (nSPS) is 30.7. The van der Waals surface area contributed by atoms with Gasteiger partial charge in [0.2, 0.25) is 0 Å². The van der Waals surface area contributed by atoms with Gasteiger partial charge < -0.3 is 4.90 Å². The summed E-state index contributed by atoms with van der Waals surface area (Å²) in [6, 6.07) is 0.809. The molecule has 2 atom stereocenters. The van der Waals surface area contributed by atoms with E-state index in [0.29, 0.717) is 0 Å². The zero-order valence-corrected chi connectivity index (χ0v) is 10.5. The van der Waals surface area contributed by atoms with Crippen LogP contribution >= 0.6 is 15.9 Å². The molecule has 2 heteroatoms. The first-order valence-electron chi connectivity index (χ1n) is 5.55. The molecule has 0 amide bonds. The predicted molar refractivity (Wildman–Crippen MR) is 62.5 cm³/mol. The van der Waals surface area contributed by atoms with Gasteiger partial charge in [0.15, 0.2) is 0 Å². The Labute approximate surface area is 91.0 Å². The van der Waals surface area contributed by atoms with Crippen molar-refractivity contribution >= 4 is 15.9 Å². The van der Waals surface area contributed by atoms with Crippen LogP contribution in [-0.2, 0) is 0 Å². The monoisotopic (exact) mass is 247 g/mol. The van der Waals surface area contributed by atoms with Gasteiger partial charge in [-0.25, -0.2) is 0 Å². The number of unbranched alkanes of at least 4 members (excludes halogenated alkanes) is 1. The fourth-order valence-corrected chi connectivity index (χ4v) is 2.54. The molecule has 1 fully saturated rings. The molecular weight excluding hydrogens is 226 g/mol. The van der Waals surface area contributed by atoms with E-state index in [4.69, 9.17) is 0 Å². The quantitative estimate of drug-likeness (QED) is 0.545. The van der Waals surface area contributed by atoms with Gasteiger partial charge in [-0.15, -0.1) is 0 Å². The summed E-state index contributed by atoms with van der Waals surface area (Å²) < 4.78 is 0. The number of halogens is 1. The Kier molecular flexibility index (Phi) is 5.34. The first-order chi connectivity index (χ1) is 6.25. The predicted octanol–water partition coefficient (Wildman–Crippen LogP) is 3.28. The molecule has 0 radical (unpaired) electrons. The van der Waals surface area contributed by atoms with E-state index in [9.17, 15) is 0 Å². The van der Waals surface area contributed by atoms with E-state index in [0.717, 1.165) is 17.3 Å². The van der Waals surface area contributed by atoms with Crippen LogP contribution in [0.2, 0.25) is 0 Å². The second kappa shape index (κ2) is 6.02. The minimum Gasteiger partial charge on any atom is -0.300 e. The summed E-state index contributed by atoms with van der Waals surface area (Å²) in [6.45, 7) is 7.41. The Morgan fingerprint density at radius 3 is 2.77 bits per heavy atom. The van der Waals surface area contributed by atoms with Crippen molar-refractivity contribution in [3.8, 4) is 0 Å². The molecule has 0 spiro atoms. The lowest BCUT2D eigenvalue weighted by atomic mass is 9.92. The highest BCUT2D eigenvalue weighted by Gasteiger charge is 2.23.